The van der Waals surface area contributed by atoms with E-state index in [2.05, 4.69) is 5.32 Å². The summed E-state index contributed by atoms with van der Waals surface area (Å²) in [7, 11) is -3.58. The second kappa shape index (κ2) is 9.16. The molecule has 1 saturated heterocycles. The van der Waals surface area contributed by atoms with E-state index in [1.165, 1.54) is 6.07 Å². The van der Waals surface area contributed by atoms with Crippen molar-refractivity contribution in [2.24, 2.45) is 0 Å². The molecule has 1 N–H and O–H groups in total. The van der Waals surface area contributed by atoms with Crippen LogP contribution in [0.3, 0.4) is 0 Å². The van der Waals surface area contributed by atoms with Crippen LogP contribution in [0.25, 0.3) is 0 Å². The van der Waals surface area contributed by atoms with Gasteiger partial charge in [0.2, 0.25) is 16.8 Å². The van der Waals surface area contributed by atoms with Crippen LogP contribution in [0.4, 0.5) is 0 Å². The van der Waals surface area contributed by atoms with Crippen LogP contribution >= 0.6 is 0 Å². The largest absolute Gasteiger partial charge is 0.454 e. The molecule has 0 aliphatic carbocycles. The van der Waals surface area contributed by atoms with E-state index in [1.807, 2.05) is 18.2 Å². The zero-order valence-corrected chi connectivity index (χ0v) is 17.6. The van der Waals surface area contributed by atoms with Gasteiger partial charge in [0.1, 0.15) is 0 Å². The Morgan fingerprint density at radius 2 is 1.73 bits per heavy atom. The third-order valence-electron chi connectivity index (χ3n) is 5.41. The van der Waals surface area contributed by atoms with Crippen molar-refractivity contribution < 1.29 is 22.7 Å². The van der Waals surface area contributed by atoms with Gasteiger partial charge in [0, 0.05) is 25.2 Å². The number of hydrogen-bond acceptors (Lipinski definition) is 6. The lowest BCUT2D eigenvalue weighted by molar-refractivity contribution is 0.0990. The molecule has 8 heteroatoms. The van der Waals surface area contributed by atoms with Crippen LogP contribution in [0.2, 0.25) is 0 Å². The Morgan fingerprint density at radius 1 is 0.967 bits per heavy atom. The van der Waals surface area contributed by atoms with Crippen LogP contribution in [0, 0.1) is 0 Å². The van der Waals surface area contributed by atoms with Gasteiger partial charge in [-0.1, -0.05) is 31.0 Å². The summed E-state index contributed by atoms with van der Waals surface area (Å²) in [6, 6.07) is 12.0. The number of ether oxygens (including phenoxy) is 2. The van der Waals surface area contributed by atoms with E-state index < -0.39 is 10.0 Å². The van der Waals surface area contributed by atoms with Crippen molar-refractivity contribution in [1.29, 1.82) is 0 Å². The van der Waals surface area contributed by atoms with Crippen molar-refractivity contribution in [3.05, 3.63) is 53.6 Å². The molecular formula is C22H26N2O5S. The molecule has 4 rings (SSSR count). The Morgan fingerprint density at radius 3 is 2.53 bits per heavy atom. The fraction of sp³-hybridized carbons (Fsp3) is 0.409. The Bertz CT molecular complexity index is 1010. The predicted molar refractivity (Wildman–Crippen MR) is 112 cm³/mol. The SMILES string of the molecule is O=C(CNCc1ccc2c(c1)OCO2)c1cccc(S(=O)(=O)N2CCCCCC2)c1. The maximum absolute atomic E-state index is 13.0. The summed E-state index contributed by atoms with van der Waals surface area (Å²) in [5.74, 6) is 1.27. The van der Waals surface area contributed by atoms with Gasteiger partial charge in [-0.05, 0) is 42.7 Å². The third-order valence-corrected chi connectivity index (χ3v) is 7.31. The van der Waals surface area contributed by atoms with Crippen LogP contribution in [0.15, 0.2) is 47.4 Å². The Kier molecular flexibility index (Phi) is 6.36. The van der Waals surface area contributed by atoms with Crippen molar-refractivity contribution in [3.63, 3.8) is 0 Å². The minimum atomic E-state index is -3.58. The van der Waals surface area contributed by atoms with Crippen LogP contribution in [0.5, 0.6) is 11.5 Å². The van der Waals surface area contributed by atoms with Gasteiger partial charge in [0.15, 0.2) is 17.3 Å². The summed E-state index contributed by atoms with van der Waals surface area (Å²) in [5, 5.41) is 3.12. The first kappa shape index (κ1) is 20.8. The summed E-state index contributed by atoms with van der Waals surface area (Å²) in [4.78, 5) is 12.8. The summed E-state index contributed by atoms with van der Waals surface area (Å²) < 4.78 is 38.2. The zero-order chi connectivity index (χ0) is 21.0. The van der Waals surface area contributed by atoms with Gasteiger partial charge in [0.05, 0.1) is 11.4 Å². The molecule has 160 valence electrons. The van der Waals surface area contributed by atoms with E-state index in [0.717, 1.165) is 37.0 Å². The average Bonchev–Trinajstić information content (AvgIpc) is 3.04. The van der Waals surface area contributed by atoms with Gasteiger partial charge in [-0.3, -0.25) is 4.79 Å². The van der Waals surface area contributed by atoms with E-state index in [0.29, 0.717) is 30.9 Å². The number of carbonyl (C=O) groups excluding carboxylic acids is 1. The molecular weight excluding hydrogens is 404 g/mol. The van der Waals surface area contributed by atoms with Crippen molar-refractivity contribution in [2.45, 2.75) is 37.1 Å². The maximum Gasteiger partial charge on any atom is 0.243 e. The van der Waals surface area contributed by atoms with Crippen LogP contribution in [-0.4, -0.2) is 44.9 Å². The fourth-order valence-electron chi connectivity index (χ4n) is 3.73. The number of Topliss-reactive ketones (excluding diaryl/α,β-unsaturated/α-hetero) is 1. The Balaban J connectivity index is 1.38. The zero-order valence-electron chi connectivity index (χ0n) is 16.8. The van der Waals surface area contributed by atoms with Crippen molar-refractivity contribution >= 4 is 15.8 Å². The number of hydrogen-bond donors (Lipinski definition) is 1. The van der Waals surface area contributed by atoms with Crippen LogP contribution < -0.4 is 14.8 Å². The molecule has 2 heterocycles. The van der Waals surface area contributed by atoms with Gasteiger partial charge in [-0.15, -0.1) is 0 Å². The van der Waals surface area contributed by atoms with Crippen molar-refractivity contribution in [2.75, 3.05) is 26.4 Å². The van der Waals surface area contributed by atoms with E-state index in [4.69, 9.17) is 9.47 Å². The number of fused-ring (bicyclic) bond motifs is 1. The first-order valence-electron chi connectivity index (χ1n) is 10.3. The van der Waals surface area contributed by atoms with Gasteiger partial charge >= 0.3 is 0 Å². The minimum absolute atomic E-state index is 0.113. The molecule has 0 unspecified atom stereocenters. The molecule has 0 aromatic heterocycles. The number of ketones is 1. The molecule has 2 aromatic carbocycles. The second-order valence-corrected chi connectivity index (χ2v) is 9.50. The first-order valence-corrected chi connectivity index (χ1v) is 11.7. The Labute approximate surface area is 177 Å². The van der Waals surface area contributed by atoms with Crippen molar-refractivity contribution in [3.8, 4) is 11.5 Å². The fourth-order valence-corrected chi connectivity index (χ4v) is 5.30. The molecule has 1 fully saturated rings. The number of rotatable bonds is 7. The van der Waals surface area contributed by atoms with E-state index in [9.17, 15) is 13.2 Å². The molecule has 2 aliphatic heterocycles. The Hall–Kier alpha value is -2.42. The van der Waals surface area contributed by atoms with E-state index in [1.54, 1.807) is 22.5 Å². The van der Waals surface area contributed by atoms with Gasteiger partial charge in [0.25, 0.3) is 0 Å². The van der Waals surface area contributed by atoms with Crippen LogP contribution in [-0.2, 0) is 16.6 Å². The molecule has 0 amide bonds. The highest BCUT2D eigenvalue weighted by molar-refractivity contribution is 7.89. The third kappa shape index (κ3) is 4.66. The topological polar surface area (TPSA) is 84.9 Å². The highest BCUT2D eigenvalue weighted by Gasteiger charge is 2.25. The smallest absolute Gasteiger partial charge is 0.243 e. The molecule has 0 spiro atoms. The average molecular weight is 431 g/mol. The van der Waals surface area contributed by atoms with Gasteiger partial charge < -0.3 is 14.8 Å². The maximum atomic E-state index is 13.0. The van der Waals surface area contributed by atoms with E-state index in [-0.39, 0.29) is 24.0 Å². The molecule has 7 nitrogen and oxygen atoms in total. The minimum Gasteiger partial charge on any atom is -0.454 e. The number of nitrogens with one attached hydrogen (secondary N) is 1. The number of nitrogens with zero attached hydrogens (tertiary/aromatic N) is 1. The summed E-state index contributed by atoms with van der Waals surface area (Å²) >= 11 is 0. The summed E-state index contributed by atoms with van der Waals surface area (Å²) in [5.41, 5.74) is 1.37. The molecule has 30 heavy (non-hydrogen) atoms. The normalized spacial score (nSPS) is 16.9. The lowest BCUT2D eigenvalue weighted by Gasteiger charge is -2.20. The lowest BCUT2D eigenvalue weighted by atomic mass is 10.1. The molecule has 2 aromatic rings. The van der Waals surface area contributed by atoms with Gasteiger partial charge in [-0.2, -0.15) is 4.31 Å². The van der Waals surface area contributed by atoms with Gasteiger partial charge in [-0.25, -0.2) is 8.42 Å². The number of carbonyl (C=O) groups is 1. The summed E-state index contributed by atoms with van der Waals surface area (Å²) in [6.45, 7) is 1.91. The standard InChI is InChI=1S/C22H26N2O5S/c25-20(15-23-14-17-8-9-21-22(12-17)29-16-28-21)18-6-5-7-19(13-18)30(26,27)24-10-3-1-2-4-11-24/h5-9,12-13,23H,1-4,10-11,14-16H2. The molecule has 2 aliphatic rings. The lowest BCUT2D eigenvalue weighted by Crippen LogP contribution is -2.32. The highest BCUT2D eigenvalue weighted by atomic mass is 32.2. The van der Waals surface area contributed by atoms with Crippen molar-refractivity contribution in [1.82, 2.24) is 9.62 Å². The number of benzene rings is 2. The monoisotopic (exact) mass is 430 g/mol. The second-order valence-electron chi connectivity index (χ2n) is 7.56. The highest BCUT2D eigenvalue weighted by Crippen LogP contribution is 2.32. The quantitative estimate of drug-likeness (QED) is 0.680. The number of sulfonamides is 1. The summed E-state index contributed by atoms with van der Waals surface area (Å²) in [6.07, 6.45) is 3.86. The molecule has 0 saturated carbocycles. The van der Waals surface area contributed by atoms with Crippen LogP contribution in [0.1, 0.15) is 41.6 Å². The van der Waals surface area contributed by atoms with E-state index >= 15 is 0 Å². The molecule has 0 radical (unpaired) electrons. The molecule has 0 bridgehead atoms. The first-order chi connectivity index (χ1) is 14.5. The molecule has 0 atom stereocenters. The predicted octanol–water partition coefficient (Wildman–Crippen LogP) is 2.95.